The summed E-state index contributed by atoms with van der Waals surface area (Å²) in [6.07, 6.45) is 9.98. The minimum atomic E-state index is -1.15. The van der Waals surface area contributed by atoms with Crippen LogP contribution in [0.15, 0.2) is 35.4 Å². The van der Waals surface area contributed by atoms with Crippen LogP contribution in [0.3, 0.4) is 0 Å². The molecule has 1 unspecified atom stereocenters. The number of aliphatic carboxylic acids is 1. The number of allylic oxidation sites excluding steroid dienone is 2. The van der Waals surface area contributed by atoms with Crippen molar-refractivity contribution in [1.29, 1.82) is 0 Å². The number of rotatable bonds is 10. The van der Waals surface area contributed by atoms with E-state index in [0.29, 0.717) is 30.0 Å². The van der Waals surface area contributed by atoms with Gasteiger partial charge in [-0.05, 0) is 141 Å². The average molecular weight is 722 g/mol. The fraction of sp³-hybridized carbons (Fsp3) is 0.750. The number of carbonyl (C=O) groups excluding carboxylic acids is 2. The lowest BCUT2D eigenvalue weighted by Gasteiger charge is -2.72. The van der Waals surface area contributed by atoms with Gasteiger partial charge in [-0.15, -0.1) is 0 Å². The van der Waals surface area contributed by atoms with E-state index < -0.39 is 17.4 Å². The summed E-state index contributed by atoms with van der Waals surface area (Å²) in [5, 5.41) is 14.1. The number of carboxylic acids is 1. The molecule has 51 heavy (non-hydrogen) atoms. The van der Waals surface area contributed by atoms with E-state index in [1.807, 2.05) is 12.1 Å². The van der Waals surface area contributed by atoms with E-state index in [0.717, 1.165) is 75.1 Å². The van der Waals surface area contributed by atoms with E-state index in [2.05, 4.69) is 65.9 Å². The largest absolute Gasteiger partial charge is 0.481 e. The van der Waals surface area contributed by atoms with Gasteiger partial charge < -0.3 is 15.2 Å². The number of benzene rings is 1. The standard InChI is InChI=1S/C44H64ClNO5/c1-27(2)36-31(47)24-44(22-23-46-26-28-10-12-29(45)13-11-28)21-20-42(8)30(37(36)44)14-15-33-41(7)18-17-34(51-35(48)25-39(3,4)38(49)50)40(5,6)32(41)16-19-43(33,42)9/h10-13,27,30,32-34,46H,14-26H2,1-9H3,(H,49,50)/t30-,32-,33?,34+,41+,42-,43-,44-/m1/s1. The van der Waals surface area contributed by atoms with Gasteiger partial charge in [0, 0.05) is 28.8 Å². The van der Waals surface area contributed by atoms with Crippen molar-refractivity contribution in [2.75, 3.05) is 6.54 Å². The zero-order chi connectivity index (χ0) is 37.4. The van der Waals surface area contributed by atoms with Gasteiger partial charge in [-0.3, -0.25) is 14.4 Å². The molecule has 0 amide bonds. The number of ether oxygens (including phenoxy) is 1. The Morgan fingerprint density at radius 2 is 1.63 bits per heavy atom. The molecule has 4 saturated carbocycles. The number of fused-ring (bicyclic) bond motifs is 7. The van der Waals surface area contributed by atoms with Gasteiger partial charge in [0.15, 0.2) is 5.78 Å². The van der Waals surface area contributed by atoms with E-state index in [-0.39, 0.29) is 45.5 Å². The van der Waals surface area contributed by atoms with E-state index in [1.54, 1.807) is 13.8 Å². The van der Waals surface area contributed by atoms with E-state index in [4.69, 9.17) is 16.3 Å². The minimum absolute atomic E-state index is 0.0444. The second-order valence-corrected chi connectivity index (χ2v) is 20.2. The number of esters is 1. The monoisotopic (exact) mass is 721 g/mol. The highest BCUT2D eigenvalue weighted by Crippen LogP contribution is 2.77. The molecule has 0 bridgehead atoms. The molecule has 8 atom stereocenters. The molecule has 282 valence electrons. The Morgan fingerprint density at radius 3 is 2.27 bits per heavy atom. The van der Waals surface area contributed by atoms with E-state index in [1.165, 1.54) is 17.6 Å². The summed E-state index contributed by atoms with van der Waals surface area (Å²) in [5.74, 6) is 0.647. The molecule has 0 radical (unpaired) electrons. The van der Waals surface area contributed by atoms with Crippen LogP contribution in [0.1, 0.15) is 139 Å². The fourth-order valence-corrected chi connectivity index (χ4v) is 13.2. The first kappa shape index (κ1) is 38.5. The molecule has 5 aliphatic carbocycles. The van der Waals surface area contributed by atoms with Gasteiger partial charge in [0.2, 0.25) is 0 Å². The van der Waals surface area contributed by atoms with Crippen molar-refractivity contribution in [3.8, 4) is 0 Å². The van der Waals surface area contributed by atoms with Crippen LogP contribution < -0.4 is 5.32 Å². The summed E-state index contributed by atoms with van der Waals surface area (Å²) in [7, 11) is 0. The lowest BCUT2D eigenvalue weighted by molar-refractivity contribution is -0.233. The van der Waals surface area contributed by atoms with Gasteiger partial charge in [-0.1, -0.05) is 77.8 Å². The summed E-state index contributed by atoms with van der Waals surface area (Å²) in [6.45, 7) is 21.7. The maximum absolute atomic E-state index is 14.0. The van der Waals surface area contributed by atoms with Gasteiger partial charge in [-0.25, -0.2) is 0 Å². The van der Waals surface area contributed by atoms with Crippen LogP contribution in [-0.2, 0) is 25.7 Å². The molecule has 0 saturated heterocycles. The highest BCUT2D eigenvalue weighted by Gasteiger charge is 2.70. The van der Waals surface area contributed by atoms with Gasteiger partial charge in [-0.2, -0.15) is 0 Å². The van der Waals surface area contributed by atoms with E-state index in [9.17, 15) is 19.5 Å². The van der Waals surface area contributed by atoms with Gasteiger partial charge in [0.05, 0.1) is 11.8 Å². The van der Waals surface area contributed by atoms with Gasteiger partial charge in [0.1, 0.15) is 6.10 Å². The second-order valence-electron chi connectivity index (χ2n) is 19.7. The molecule has 5 aliphatic rings. The Labute approximate surface area is 312 Å². The molecule has 2 N–H and O–H groups in total. The highest BCUT2D eigenvalue weighted by molar-refractivity contribution is 6.30. The Bertz CT molecular complexity index is 1580. The van der Waals surface area contributed by atoms with Crippen molar-refractivity contribution in [2.24, 2.45) is 56.2 Å². The number of carboxylic acid groups (broad SMARTS) is 1. The Hall–Kier alpha value is -2.18. The number of ketones is 1. The normalized spacial score (nSPS) is 37.4. The number of halogens is 1. The molecule has 1 aromatic rings. The number of hydrogen-bond donors (Lipinski definition) is 2. The quantitative estimate of drug-likeness (QED) is 0.185. The first-order valence-corrected chi connectivity index (χ1v) is 20.3. The maximum Gasteiger partial charge on any atom is 0.309 e. The van der Waals surface area contributed by atoms with Crippen molar-refractivity contribution in [3.05, 3.63) is 46.0 Å². The van der Waals surface area contributed by atoms with Crippen LogP contribution in [0.5, 0.6) is 0 Å². The maximum atomic E-state index is 14.0. The topological polar surface area (TPSA) is 92.7 Å². The number of carbonyl (C=O) groups is 3. The minimum Gasteiger partial charge on any atom is -0.481 e. The summed E-state index contributed by atoms with van der Waals surface area (Å²) in [4.78, 5) is 38.8. The average Bonchev–Trinajstić information content (AvgIpc) is 3.34. The molecular weight excluding hydrogens is 658 g/mol. The van der Waals surface area contributed by atoms with Gasteiger partial charge >= 0.3 is 11.9 Å². The molecule has 6 nitrogen and oxygen atoms in total. The van der Waals surface area contributed by atoms with E-state index >= 15 is 0 Å². The number of Topliss-reactive ketones (excluding diaryl/α,β-unsaturated/α-hetero) is 1. The van der Waals surface area contributed by atoms with Gasteiger partial charge in [0.25, 0.3) is 0 Å². The molecule has 0 aliphatic heterocycles. The van der Waals surface area contributed by atoms with Crippen molar-refractivity contribution in [3.63, 3.8) is 0 Å². The predicted octanol–water partition coefficient (Wildman–Crippen LogP) is 10.2. The molecule has 6 rings (SSSR count). The van der Waals surface area contributed by atoms with Crippen molar-refractivity contribution in [2.45, 2.75) is 146 Å². The summed E-state index contributed by atoms with van der Waals surface area (Å²) in [6, 6.07) is 8.06. The lowest BCUT2D eigenvalue weighted by Crippen LogP contribution is -2.65. The van der Waals surface area contributed by atoms with Crippen molar-refractivity contribution < 1.29 is 24.2 Å². The summed E-state index contributed by atoms with van der Waals surface area (Å²) < 4.78 is 6.18. The highest BCUT2D eigenvalue weighted by atomic mass is 35.5. The molecule has 0 aromatic heterocycles. The summed E-state index contributed by atoms with van der Waals surface area (Å²) >= 11 is 6.12. The molecule has 1 aromatic carbocycles. The smallest absolute Gasteiger partial charge is 0.309 e. The third-order valence-corrected chi connectivity index (χ3v) is 16.2. The lowest BCUT2D eigenvalue weighted by atomic mass is 9.33. The van der Waals surface area contributed by atoms with Crippen LogP contribution in [0.2, 0.25) is 5.02 Å². The van der Waals surface area contributed by atoms with Crippen LogP contribution in [0, 0.1) is 56.2 Å². The predicted molar refractivity (Wildman–Crippen MR) is 203 cm³/mol. The van der Waals surface area contributed by atoms with Crippen LogP contribution in [0.25, 0.3) is 0 Å². The number of nitrogens with one attached hydrogen (secondary N) is 1. The molecule has 7 heteroatoms. The Balaban J connectivity index is 1.24. The fourth-order valence-electron chi connectivity index (χ4n) is 13.0. The van der Waals surface area contributed by atoms with Crippen LogP contribution >= 0.6 is 11.6 Å². The SMILES string of the molecule is CC(C)C1=C2[C@H]3CCC4[C@@]5(C)CC[C@H](OC(=O)CC(C)(C)C(=O)O)C(C)(C)[C@H]5CC[C@@]4(C)[C@]3(C)CC[C@@]2(CCNCc2ccc(Cl)cc2)CC1=O. The second kappa shape index (κ2) is 13.3. The zero-order valence-electron chi connectivity index (χ0n) is 32.8. The molecule has 0 heterocycles. The Kier molecular flexibility index (Phi) is 10.0. The van der Waals surface area contributed by atoms with Crippen LogP contribution in [0.4, 0.5) is 0 Å². The first-order chi connectivity index (χ1) is 23.7. The molecule has 4 fully saturated rings. The molecule has 0 spiro atoms. The van der Waals surface area contributed by atoms with Crippen molar-refractivity contribution in [1.82, 2.24) is 5.32 Å². The third-order valence-electron chi connectivity index (χ3n) is 16.0. The number of hydrogen-bond acceptors (Lipinski definition) is 5. The molecular formula is C44H64ClNO5. The first-order valence-electron chi connectivity index (χ1n) is 19.9. The third kappa shape index (κ3) is 6.24. The van der Waals surface area contributed by atoms with Crippen molar-refractivity contribution >= 4 is 29.3 Å². The zero-order valence-corrected chi connectivity index (χ0v) is 33.6. The Morgan fingerprint density at radius 1 is 0.941 bits per heavy atom. The van der Waals surface area contributed by atoms with Crippen LogP contribution in [-0.4, -0.2) is 35.5 Å². The summed E-state index contributed by atoms with van der Waals surface area (Å²) in [5.41, 5.74) is 2.89.